The largest absolute Gasteiger partial charge is 0.496 e. The molecule has 142 valence electrons. The van der Waals surface area contributed by atoms with Crippen LogP contribution in [0, 0.1) is 5.92 Å². The fourth-order valence-electron chi connectivity index (χ4n) is 4.23. The number of halogens is 1. The van der Waals surface area contributed by atoms with Crippen molar-refractivity contribution in [3.8, 4) is 11.5 Å². The fraction of sp³-hybridized carbons (Fsp3) is 0.381. The number of anilines is 1. The summed E-state index contributed by atoms with van der Waals surface area (Å²) in [6.07, 6.45) is 0. The van der Waals surface area contributed by atoms with Crippen LogP contribution in [0.5, 0.6) is 11.5 Å². The molecule has 0 amide bonds. The first-order valence-electron chi connectivity index (χ1n) is 8.86. The Balaban J connectivity index is 1.87. The van der Waals surface area contributed by atoms with Crippen molar-refractivity contribution in [2.75, 3.05) is 26.1 Å². The van der Waals surface area contributed by atoms with Crippen molar-refractivity contribution < 1.29 is 19.0 Å². The van der Waals surface area contributed by atoms with Crippen LogP contribution in [-0.2, 0) is 10.2 Å². The number of nitrogens with one attached hydrogen (secondary N) is 1. The van der Waals surface area contributed by atoms with E-state index in [4.69, 9.17) is 14.2 Å². The Morgan fingerprint density at radius 2 is 2.04 bits per heavy atom. The highest BCUT2D eigenvalue weighted by molar-refractivity contribution is 9.10. The number of rotatable bonds is 2. The van der Waals surface area contributed by atoms with Crippen molar-refractivity contribution in [1.82, 2.24) is 0 Å². The lowest BCUT2D eigenvalue weighted by molar-refractivity contribution is 0.0596. The molecule has 5 nitrogen and oxygen atoms in total. The Morgan fingerprint density at radius 3 is 2.74 bits per heavy atom. The molecule has 6 heteroatoms. The van der Waals surface area contributed by atoms with E-state index >= 15 is 0 Å². The van der Waals surface area contributed by atoms with Gasteiger partial charge in [0.25, 0.3) is 0 Å². The number of esters is 1. The predicted octanol–water partition coefficient (Wildman–Crippen LogP) is 4.70. The SMILES string of the molecule is COC(=O)c1cc2c(cc1OC)N[C@@H]1c3cc(Br)ccc3OC[C@H]1C2(C)C. The fourth-order valence-corrected chi connectivity index (χ4v) is 4.61. The van der Waals surface area contributed by atoms with Gasteiger partial charge in [0.2, 0.25) is 0 Å². The average Bonchev–Trinajstić information content (AvgIpc) is 2.66. The van der Waals surface area contributed by atoms with Crippen LogP contribution >= 0.6 is 15.9 Å². The molecule has 2 heterocycles. The van der Waals surface area contributed by atoms with Gasteiger partial charge in [0, 0.05) is 33.1 Å². The molecule has 2 aromatic rings. The number of ether oxygens (including phenoxy) is 3. The molecule has 0 aromatic heterocycles. The van der Waals surface area contributed by atoms with Gasteiger partial charge in [-0.15, -0.1) is 0 Å². The Labute approximate surface area is 167 Å². The molecule has 0 unspecified atom stereocenters. The number of benzene rings is 2. The first-order chi connectivity index (χ1) is 12.9. The van der Waals surface area contributed by atoms with Crippen LogP contribution in [0.2, 0.25) is 0 Å². The molecule has 0 aliphatic carbocycles. The maximum atomic E-state index is 12.2. The molecule has 0 bridgehead atoms. The van der Waals surface area contributed by atoms with Gasteiger partial charge in [0.05, 0.1) is 26.9 Å². The number of hydrogen-bond donors (Lipinski definition) is 1. The van der Waals surface area contributed by atoms with E-state index in [9.17, 15) is 4.79 Å². The van der Waals surface area contributed by atoms with Crippen molar-refractivity contribution in [3.05, 3.63) is 51.5 Å². The van der Waals surface area contributed by atoms with Crippen molar-refractivity contribution in [3.63, 3.8) is 0 Å². The molecule has 0 saturated heterocycles. The normalized spacial score (nSPS) is 21.7. The first-order valence-corrected chi connectivity index (χ1v) is 9.65. The lowest BCUT2D eigenvalue weighted by Gasteiger charge is -2.48. The minimum absolute atomic E-state index is 0.113. The standard InChI is InChI=1S/C21H22BrNO4/c1-21(2)14-8-13(20(24)26-4)18(25-3)9-16(14)23-19-12-7-11(22)5-6-17(12)27-10-15(19)21/h5-9,15,19,23H,10H2,1-4H3/t15-,19-/m1/s1. The zero-order valence-corrected chi connectivity index (χ0v) is 17.3. The molecule has 27 heavy (non-hydrogen) atoms. The maximum Gasteiger partial charge on any atom is 0.341 e. The Hall–Kier alpha value is -2.21. The summed E-state index contributed by atoms with van der Waals surface area (Å²) in [6.45, 7) is 5.01. The second-order valence-corrected chi connectivity index (χ2v) is 8.45. The van der Waals surface area contributed by atoms with Gasteiger partial charge in [-0.25, -0.2) is 4.79 Å². The van der Waals surface area contributed by atoms with Gasteiger partial charge >= 0.3 is 5.97 Å². The van der Waals surface area contributed by atoms with Crippen LogP contribution in [0.4, 0.5) is 5.69 Å². The number of hydrogen-bond acceptors (Lipinski definition) is 5. The van der Waals surface area contributed by atoms with Crippen molar-refractivity contribution in [2.24, 2.45) is 5.92 Å². The Kier molecular flexibility index (Phi) is 4.34. The molecule has 1 N–H and O–H groups in total. The molecule has 2 aliphatic heterocycles. The molecule has 0 spiro atoms. The third-order valence-corrected chi connectivity index (χ3v) is 6.30. The van der Waals surface area contributed by atoms with E-state index in [1.54, 1.807) is 7.11 Å². The number of methoxy groups -OCH3 is 2. The van der Waals surface area contributed by atoms with Gasteiger partial charge in [0.1, 0.15) is 17.1 Å². The highest BCUT2D eigenvalue weighted by Crippen LogP contribution is 2.53. The van der Waals surface area contributed by atoms with Crippen LogP contribution in [0.25, 0.3) is 0 Å². The van der Waals surface area contributed by atoms with E-state index in [-0.39, 0.29) is 17.4 Å². The predicted molar refractivity (Wildman–Crippen MR) is 107 cm³/mol. The lowest BCUT2D eigenvalue weighted by Crippen LogP contribution is -2.46. The zero-order valence-electron chi connectivity index (χ0n) is 15.8. The molecule has 2 aromatic carbocycles. The minimum Gasteiger partial charge on any atom is -0.496 e. The molecular formula is C21H22BrNO4. The summed E-state index contributed by atoms with van der Waals surface area (Å²) in [5.74, 6) is 1.22. The smallest absolute Gasteiger partial charge is 0.341 e. The number of fused-ring (bicyclic) bond motifs is 4. The van der Waals surface area contributed by atoms with E-state index in [0.717, 1.165) is 27.0 Å². The first kappa shape index (κ1) is 18.2. The quantitative estimate of drug-likeness (QED) is 0.698. The van der Waals surface area contributed by atoms with E-state index in [0.29, 0.717) is 17.9 Å². The lowest BCUT2D eigenvalue weighted by atomic mass is 9.65. The molecule has 2 atom stereocenters. The van der Waals surface area contributed by atoms with Crippen LogP contribution in [0.15, 0.2) is 34.8 Å². The molecule has 0 fully saturated rings. The van der Waals surface area contributed by atoms with Gasteiger partial charge in [-0.05, 0) is 29.8 Å². The number of carbonyl (C=O) groups excluding carboxylic acids is 1. The maximum absolute atomic E-state index is 12.2. The van der Waals surface area contributed by atoms with Crippen LogP contribution in [-0.4, -0.2) is 26.8 Å². The van der Waals surface area contributed by atoms with E-state index in [1.165, 1.54) is 7.11 Å². The van der Waals surface area contributed by atoms with Gasteiger partial charge in [0.15, 0.2) is 0 Å². The van der Waals surface area contributed by atoms with Crippen molar-refractivity contribution >= 4 is 27.6 Å². The van der Waals surface area contributed by atoms with Crippen molar-refractivity contribution in [1.29, 1.82) is 0 Å². The second kappa shape index (κ2) is 6.44. The van der Waals surface area contributed by atoms with Crippen LogP contribution in [0.1, 0.15) is 41.4 Å². The van der Waals surface area contributed by atoms with Gasteiger partial charge in [-0.3, -0.25) is 0 Å². The summed E-state index contributed by atoms with van der Waals surface area (Å²) in [4.78, 5) is 12.2. The van der Waals surface area contributed by atoms with Gasteiger partial charge < -0.3 is 19.5 Å². The van der Waals surface area contributed by atoms with E-state index in [2.05, 4.69) is 41.2 Å². The monoisotopic (exact) mass is 431 g/mol. The van der Waals surface area contributed by atoms with E-state index in [1.807, 2.05) is 24.3 Å². The summed E-state index contributed by atoms with van der Waals surface area (Å²) < 4.78 is 17.5. The summed E-state index contributed by atoms with van der Waals surface area (Å²) in [5, 5.41) is 3.66. The third kappa shape index (κ3) is 2.78. The molecule has 4 rings (SSSR count). The number of carbonyl (C=O) groups is 1. The average molecular weight is 432 g/mol. The highest BCUT2D eigenvalue weighted by atomic mass is 79.9. The molecule has 0 radical (unpaired) electrons. The Bertz CT molecular complexity index is 925. The van der Waals surface area contributed by atoms with Crippen LogP contribution < -0.4 is 14.8 Å². The van der Waals surface area contributed by atoms with Crippen LogP contribution in [0.3, 0.4) is 0 Å². The summed E-state index contributed by atoms with van der Waals surface area (Å²) in [6, 6.07) is 10.0. The minimum atomic E-state index is -0.401. The van der Waals surface area contributed by atoms with Gasteiger partial charge in [-0.1, -0.05) is 29.8 Å². The van der Waals surface area contributed by atoms with Gasteiger partial charge in [-0.2, -0.15) is 0 Å². The highest BCUT2D eigenvalue weighted by Gasteiger charge is 2.47. The topological polar surface area (TPSA) is 56.8 Å². The Morgan fingerprint density at radius 1 is 1.26 bits per heavy atom. The summed E-state index contributed by atoms with van der Waals surface area (Å²) in [7, 11) is 2.94. The third-order valence-electron chi connectivity index (χ3n) is 5.80. The van der Waals surface area contributed by atoms with E-state index < -0.39 is 5.97 Å². The molecule has 2 aliphatic rings. The van der Waals surface area contributed by atoms with Crippen molar-refractivity contribution in [2.45, 2.75) is 25.3 Å². The second-order valence-electron chi connectivity index (χ2n) is 7.53. The molecule has 0 saturated carbocycles. The molecular weight excluding hydrogens is 410 g/mol. The summed E-state index contributed by atoms with van der Waals surface area (Å²) in [5.41, 5.74) is 3.40. The summed E-state index contributed by atoms with van der Waals surface area (Å²) >= 11 is 3.57. The zero-order chi connectivity index (χ0) is 19.3.